The Morgan fingerprint density at radius 3 is 2.20 bits per heavy atom. The molecule has 3 aromatic carbocycles. The molecular weight excluding hydrogens is 598 g/mol. The van der Waals surface area contributed by atoms with Crippen LogP contribution in [-0.4, -0.2) is 67.2 Å². The number of hydrogen-bond acceptors (Lipinski definition) is 6. The number of fused-ring (bicyclic) bond motifs is 1. The standard InChI is InChI=1S/C36H43N5O4S/c1-3-40(4-2)26-28-18-16-27(17-19-28)24-33(36(43)41-22-10-11-23-41)37-34(42)25-32(29-12-6-5-7-13-29)39-46(44,45)35-21-20-30-14-8-9-15-31(30)38-35/h5-9,12-21,32-33,39H,3-4,10-11,22-26H2,1-2H3,(H,37,42). The molecule has 2 heterocycles. The highest BCUT2D eigenvalue weighted by molar-refractivity contribution is 7.89. The SMILES string of the molecule is CCN(CC)Cc1ccc(CC(NC(=O)CC(NS(=O)(=O)c2ccc3ccccc3n2)c2ccccc2)C(=O)N2CCCC2)cc1. The van der Waals surface area contributed by atoms with Gasteiger partial charge in [0.05, 0.1) is 11.6 Å². The van der Waals surface area contributed by atoms with Gasteiger partial charge in [-0.1, -0.05) is 86.6 Å². The third-order valence-corrected chi connectivity index (χ3v) is 9.92. The lowest BCUT2D eigenvalue weighted by Gasteiger charge is -2.26. The molecule has 9 nitrogen and oxygen atoms in total. The average Bonchev–Trinajstić information content (AvgIpc) is 3.62. The van der Waals surface area contributed by atoms with E-state index in [0.29, 0.717) is 30.6 Å². The third-order valence-electron chi connectivity index (χ3n) is 8.55. The number of rotatable bonds is 14. The molecule has 0 aliphatic carbocycles. The number of likely N-dealkylation sites (tertiary alicyclic amines) is 1. The molecule has 1 aliphatic heterocycles. The molecule has 2 amide bonds. The molecule has 10 heteroatoms. The molecule has 0 spiro atoms. The molecule has 1 aromatic heterocycles. The van der Waals surface area contributed by atoms with E-state index in [1.807, 2.05) is 35.2 Å². The first-order valence-corrected chi connectivity index (χ1v) is 17.6. The zero-order chi connectivity index (χ0) is 32.5. The van der Waals surface area contributed by atoms with Crippen molar-refractivity contribution in [1.82, 2.24) is 24.8 Å². The van der Waals surface area contributed by atoms with E-state index in [1.165, 1.54) is 11.6 Å². The average molecular weight is 642 g/mol. The molecule has 2 unspecified atom stereocenters. The number of hydrogen-bond donors (Lipinski definition) is 2. The molecule has 2 atom stereocenters. The van der Waals surface area contributed by atoms with Gasteiger partial charge < -0.3 is 10.2 Å². The maximum Gasteiger partial charge on any atom is 0.258 e. The van der Waals surface area contributed by atoms with E-state index in [9.17, 15) is 18.0 Å². The number of carbonyl (C=O) groups is 2. The minimum Gasteiger partial charge on any atom is -0.344 e. The van der Waals surface area contributed by atoms with E-state index in [0.717, 1.165) is 43.4 Å². The highest BCUT2D eigenvalue weighted by Gasteiger charge is 2.30. The van der Waals surface area contributed by atoms with Crippen molar-refractivity contribution >= 4 is 32.7 Å². The van der Waals surface area contributed by atoms with Crippen LogP contribution in [0.2, 0.25) is 0 Å². The molecule has 4 aromatic rings. The van der Waals surface area contributed by atoms with Crippen molar-refractivity contribution in [2.75, 3.05) is 26.2 Å². The molecule has 5 rings (SSSR count). The maximum absolute atomic E-state index is 13.6. The van der Waals surface area contributed by atoms with Crippen LogP contribution in [0.4, 0.5) is 0 Å². The van der Waals surface area contributed by atoms with Gasteiger partial charge in [-0.2, -0.15) is 0 Å². The van der Waals surface area contributed by atoms with Crippen LogP contribution >= 0.6 is 0 Å². The van der Waals surface area contributed by atoms with Gasteiger partial charge in [0.2, 0.25) is 11.8 Å². The van der Waals surface area contributed by atoms with Crippen LogP contribution in [0.1, 0.15) is 55.8 Å². The van der Waals surface area contributed by atoms with Gasteiger partial charge >= 0.3 is 0 Å². The van der Waals surface area contributed by atoms with E-state index in [1.54, 1.807) is 42.5 Å². The highest BCUT2D eigenvalue weighted by atomic mass is 32.2. The first kappa shape index (κ1) is 33.2. The van der Waals surface area contributed by atoms with Gasteiger partial charge in [0, 0.05) is 37.9 Å². The summed E-state index contributed by atoms with van der Waals surface area (Å²) < 4.78 is 29.8. The second-order valence-corrected chi connectivity index (χ2v) is 13.4. The summed E-state index contributed by atoms with van der Waals surface area (Å²) in [5.41, 5.74) is 3.33. The van der Waals surface area contributed by atoms with Crippen LogP contribution < -0.4 is 10.0 Å². The van der Waals surface area contributed by atoms with E-state index in [2.05, 4.69) is 45.9 Å². The van der Waals surface area contributed by atoms with Crippen molar-refractivity contribution in [3.63, 3.8) is 0 Å². The Bertz CT molecular complexity index is 1720. The Labute approximate surface area is 272 Å². The number of aromatic nitrogens is 1. The second kappa shape index (κ2) is 15.4. The van der Waals surface area contributed by atoms with Crippen molar-refractivity contribution in [2.45, 2.75) is 63.2 Å². The lowest BCUT2D eigenvalue weighted by Crippen LogP contribution is -2.49. The molecule has 0 radical (unpaired) electrons. The number of benzene rings is 3. The van der Waals surface area contributed by atoms with Gasteiger partial charge in [-0.25, -0.2) is 18.1 Å². The van der Waals surface area contributed by atoms with Crippen LogP contribution in [0.5, 0.6) is 0 Å². The summed E-state index contributed by atoms with van der Waals surface area (Å²) in [6.45, 7) is 8.40. The van der Waals surface area contributed by atoms with E-state index in [-0.39, 0.29) is 17.4 Å². The number of amides is 2. The highest BCUT2D eigenvalue weighted by Crippen LogP contribution is 2.22. The Kier molecular flexibility index (Phi) is 11.2. The minimum atomic E-state index is -4.09. The molecule has 1 fully saturated rings. The summed E-state index contributed by atoms with van der Waals surface area (Å²) >= 11 is 0. The number of sulfonamides is 1. The zero-order valence-electron chi connectivity index (χ0n) is 26.6. The third kappa shape index (κ3) is 8.57. The summed E-state index contributed by atoms with van der Waals surface area (Å²) in [4.78, 5) is 35.8. The summed E-state index contributed by atoms with van der Waals surface area (Å²) in [7, 11) is -4.09. The van der Waals surface area contributed by atoms with Gasteiger partial charge in [-0.05, 0) is 60.8 Å². The Balaban J connectivity index is 1.34. The fraction of sp³-hybridized carbons (Fsp3) is 0.361. The molecule has 242 valence electrons. The predicted octanol–water partition coefficient (Wildman–Crippen LogP) is 4.84. The smallest absolute Gasteiger partial charge is 0.258 e. The predicted molar refractivity (Wildman–Crippen MR) is 180 cm³/mol. The van der Waals surface area contributed by atoms with Crippen LogP contribution in [0, 0.1) is 0 Å². The fourth-order valence-electron chi connectivity index (χ4n) is 5.88. The topological polar surface area (TPSA) is 112 Å². The van der Waals surface area contributed by atoms with Crippen molar-refractivity contribution < 1.29 is 18.0 Å². The van der Waals surface area contributed by atoms with Crippen molar-refractivity contribution in [3.05, 3.63) is 108 Å². The van der Waals surface area contributed by atoms with Crippen molar-refractivity contribution in [2.24, 2.45) is 0 Å². The van der Waals surface area contributed by atoms with Crippen LogP contribution in [0.3, 0.4) is 0 Å². The zero-order valence-corrected chi connectivity index (χ0v) is 27.4. The monoisotopic (exact) mass is 641 g/mol. The second-order valence-electron chi connectivity index (χ2n) is 11.8. The van der Waals surface area contributed by atoms with E-state index < -0.39 is 28.0 Å². The van der Waals surface area contributed by atoms with Crippen molar-refractivity contribution in [1.29, 1.82) is 0 Å². The largest absolute Gasteiger partial charge is 0.344 e. The van der Waals surface area contributed by atoms with Crippen molar-refractivity contribution in [3.8, 4) is 0 Å². The first-order valence-electron chi connectivity index (χ1n) is 16.1. The fourth-order valence-corrected chi connectivity index (χ4v) is 7.06. The van der Waals surface area contributed by atoms with Gasteiger partial charge in [-0.3, -0.25) is 14.5 Å². The molecule has 2 N–H and O–H groups in total. The Morgan fingerprint density at radius 2 is 1.50 bits per heavy atom. The quantitative estimate of drug-likeness (QED) is 0.204. The first-order chi connectivity index (χ1) is 22.3. The minimum absolute atomic E-state index is 0.115. The molecule has 1 saturated heterocycles. The molecule has 1 aliphatic rings. The number of nitrogens with one attached hydrogen (secondary N) is 2. The number of nitrogens with zero attached hydrogens (tertiary/aromatic N) is 3. The molecule has 46 heavy (non-hydrogen) atoms. The van der Waals surface area contributed by atoms with Gasteiger partial charge in [0.15, 0.2) is 5.03 Å². The number of carbonyl (C=O) groups excluding carboxylic acids is 2. The maximum atomic E-state index is 13.6. The lowest BCUT2D eigenvalue weighted by molar-refractivity contribution is -0.135. The van der Waals surface area contributed by atoms with Gasteiger partial charge in [0.25, 0.3) is 10.0 Å². The lowest BCUT2D eigenvalue weighted by atomic mass is 10.0. The van der Waals surface area contributed by atoms with E-state index in [4.69, 9.17) is 0 Å². The van der Waals surface area contributed by atoms with Crippen LogP contribution in [-0.2, 0) is 32.6 Å². The molecule has 0 saturated carbocycles. The summed E-state index contributed by atoms with van der Waals surface area (Å²) in [6, 6.07) is 26.0. The van der Waals surface area contributed by atoms with Crippen LogP contribution in [0.15, 0.2) is 96.0 Å². The van der Waals surface area contributed by atoms with Gasteiger partial charge in [0.1, 0.15) is 6.04 Å². The molecular formula is C36H43N5O4S. The van der Waals surface area contributed by atoms with Crippen LogP contribution in [0.25, 0.3) is 10.9 Å². The van der Waals surface area contributed by atoms with E-state index >= 15 is 0 Å². The summed E-state index contributed by atoms with van der Waals surface area (Å²) in [6.07, 6.45) is 2.03. The molecule has 0 bridgehead atoms. The Morgan fingerprint density at radius 1 is 0.848 bits per heavy atom. The summed E-state index contributed by atoms with van der Waals surface area (Å²) in [5.74, 6) is -0.533. The Hall–Kier alpha value is -4.12. The number of para-hydroxylation sites is 1. The normalized spacial score (nSPS) is 14.8. The summed E-state index contributed by atoms with van der Waals surface area (Å²) in [5, 5.41) is 3.67. The van der Waals surface area contributed by atoms with Gasteiger partial charge in [-0.15, -0.1) is 0 Å². The number of pyridine rings is 1.